The van der Waals surface area contributed by atoms with Gasteiger partial charge in [-0.1, -0.05) is 45.0 Å². The van der Waals surface area contributed by atoms with Gasteiger partial charge in [-0.15, -0.1) is 11.3 Å². The lowest BCUT2D eigenvalue weighted by molar-refractivity contribution is 0.590. The van der Waals surface area contributed by atoms with Crippen LogP contribution in [-0.2, 0) is 5.41 Å². The van der Waals surface area contributed by atoms with Gasteiger partial charge in [-0.3, -0.25) is 0 Å². The third-order valence-corrected chi connectivity index (χ3v) is 4.08. The smallest absolute Gasteiger partial charge is 0.0897 e. The maximum absolute atomic E-state index is 6.26. The molecule has 0 radical (unpaired) electrons. The van der Waals surface area contributed by atoms with E-state index in [1.807, 2.05) is 13.1 Å². The lowest BCUT2D eigenvalue weighted by Crippen LogP contribution is -2.13. The first kappa shape index (κ1) is 13.2. The third kappa shape index (κ3) is 2.79. The van der Waals surface area contributed by atoms with Crippen LogP contribution in [-0.4, -0.2) is 4.98 Å². The van der Waals surface area contributed by atoms with E-state index in [0.29, 0.717) is 0 Å². The third-order valence-electron chi connectivity index (χ3n) is 3.08. The molecule has 0 saturated carbocycles. The highest BCUT2D eigenvalue weighted by molar-refractivity contribution is 7.11. The maximum atomic E-state index is 6.26. The molecule has 1 aromatic heterocycles. The van der Waals surface area contributed by atoms with Crippen LogP contribution in [0.4, 0.5) is 0 Å². The molecule has 0 spiro atoms. The predicted octanol–water partition coefficient (Wildman–Crippen LogP) is 3.80. The molecule has 0 aliphatic heterocycles. The second-order valence-corrected chi connectivity index (χ2v) is 6.90. The fourth-order valence-electron chi connectivity index (χ4n) is 1.88. The van der Waals surface area contributed by atoms with Crippen molar-refractivity contribution in [3.63, 3.8) is 0 Å². The topological polar surface area (TPSA) is 38.9 Å². The molecule has 2 N–H and O–H groups in total. The normalized spacial score (nSPS) is 13.6. The molecule has 1 unspecified atom stereocenters. The molecule has 0 amide bonds. The Morgan fingerprint density at radius 2 is 1.78 bits per heavy atom. The van der Waals surface area contributed by atoms with Crippen molar-refractivity contribution in [1.29, 1.82) is 0 Å². The molecule has 2 nitrogen and oxygen atoms in total. The molecule has 2 rings (SSSR count). The van der Waals surface area contributed by atoms with Gasteiger partial charge in [0.05, 0.1) is 11.0 Å². The van der Waals surface area contributed by atoms with Crippen LogP contribution in [0.5, 0.6) is 0 Å². The van der Waals surface area contributed by atoms with Gasteiger partial charge in [0, 0.05) is 11.1 Å². The highest BCUT2D eigenvalue weighted by Gasteiger charge is 2.15. The number of nitrogens with two attached hydrogens (primary N) is 1. The first-order valence-corrected chi connectivity index (χ1v) is 6.98. The second-order valence-electron chi connectivity index (χ2n) is 5.63. The minimum absolute atomic E-state index is 0.0646. The van der Waals surface area contributed by atoms with Crippen molar-refractivity contribution in [1.82, 2.24) is 4.98 Å². The lowest BCUT2D eigenvalue weighted by Gasteiger charge is -2.20. The first-order chi connectivity index (χ1) is 8.38. The first-order valence-electron chi connectivity index (χ1n) is 6.16. The van der Waals surface area contributed by atoms with Crippen molar-refractivity contribution in [2.45, 2.75) is 39.2 Å². The number of hydrogen-bond donors (Lipinski definition) is 1. The Morgan fingerprint density at radius 3 is 2.22 bits per heavy atom. The van der Waals surface area contributed by atoms with E-state index in [-0.39, 0.29) is 11.5 Å². The maximum Gasteiger partial charge on any atom is 0.0897 e. The Hall–Kier alpha value is -1.19. The van der Waals surface area contributed by atoms with Gasteiger partial charge in [0.25, 0.3) is 0 Å². The highest BCUT2D eigenvalue weighted by Crippen LogP contribution is 2.27. The van der Waals surface area contributed by atoms with Gasteiger partial charge in [-0.05, 0) is 23.5 Å². The standard InChI is InChI=1S/C15H20N2S/c1-10-17-9-13(18-10)14(16)11-5-7-12(8-6-11)15(2,3)4/h5-9,14H,16H2,1-4H3. The molecule has 0 aliphatic carbocycles. The number of nitrogens with zero attached hydrogens (tertiary/aromatic N) is 1. The van der Waals surface area contributed by atoms with Crippen molar-refractivity contribution < 1.29 is 0 Å². The molecular formula is C15H20N2S. The van der Waals surface area contributed by atoms with Crippen LogP contribution >= 0.6 is 11.3 Å². The van der Waals surface area contributed by atoms with E-state index in [1.165, 1.54) is 5.56 Å². The zero-order valence-electron chi connectivity index (χ0n) is 11.4. The minimum Gasteiger partial charge on any atom is -0.320 e. The van der Waals surface area contributed by atoms with E-state index < -0.39 is 0 Å². The highest BCUT2D eigenvalue weighted by atomic mass is 32.1. The summed E-state index contributed by atoms with van der Waals surface area (Å²) >= 11 is 1.66. The predicted molar refractivity (Wildman–Crippen MR) is 78.0 cm³/mol. The summed E-state index contributed by atoms with van der Waals surface area (Å²) in [6.45, 7) is 8.65. The number of thiazole rings is 1. The zero-order valence-corrected chi connectivity index (χ0v) is 12.2. The summed E-state index contributed by atoms with van der Waals surface area (Å²) in [5, 5.41) is 1.06. The fourth-order valence-corrected chi connectivity index (χ4v) is 2.69. The molecule has 96 valence electrons. The summed E-state index contributed by atoms with van der Waals surface area (Å²) in [5.41, 5.74) is 8.92. The molecule has 18 heavy (non-hydrogen) atoms. The number of aryl methyl sites for hydroxylation is 1. The molecule has 1 aromatic carbocycles. The monoisotopic (exact) mass is 260 g/mol. The van der Waals surface area contributed by atoms with Gasteiger partial charge in [0.2, 0.25) is 0 Å². The number of benzene rings is 1. The van der Waals surface area contributed by atoms with Crippen LogP contribution in [0.1, 0.15) is 47.8 Å². The van der Waals surface area contributed by atoms with Crippen LogP contribution in [0.2, 0.25) is 0 Å². The Kier molecular flexibility index (Phi) is 3.55. The van der Waals surface area contributed by atoms with Crippen molar-refractivity contribution in [3.8, 4) is 0 Å². The van der Waals surface area contributed by atoms with Crippen molar-refractivity contribution >= 4 is 11.3 Å². The van der Waals surface area contributed by atoms with Gasteiger partial charge >= 0.3 is 0 Å². The molecule has 1 heterocycles. The second kappa shape index (κ2) is 4.82. The average molecular weight is 260 g/mol. The Morgan fingerprint density at radius 1 is 1.17 bits per heavy atom. The van der Waals surface area contributed by atoms with Gasteiger partial charge in [-0.2, -0.15) is 0 Å². The van der Waals surface area contributed by atoms with Gasteiger partial charge in [0.15, 0.2) is 0 Å². The van der Waals surface area contributed by atoms with Crippen LogP contribution in [0, 0.1) is 6.92 Å². The van der Waals surface area contributed by atoms with E-state index >= 15 is 0 Å². The fraction of sp³-hybridized carbons (Fsp3) is 0.400. The quantitative estimate of drug-likeness (QED) is 0.892. The molecule has 3 heteroatoms. The summed E-state index contributed by atoms with van der Waals surface area (Å²) in [7, 11) is 0. The number of rotatable bonds is 2. The zero-order chi connectivity index (χ0) is 13.3. The summed E-state index contributed by atoms with van der Waals surface area (Å²) in [6, 6.07) is 8.53. The van der Waals surface area contributed by atoms with E-state index in [2.05, 4.69) is 50.0 Å². The summed E-state index contributed by atoms with van der Waals surface area (Å²) < 4.78 is 0. The molecule has 0 bridgehead atoms. The van der Waals surface area contributed by atoms with Crippen LogP contribution in [0.3, 0.4) is 0 Å². The SMILES string of the molecule is Cc1ncc(C(N)c2ccc(C(C)(C)C)cc2)s1. The largest absolute Gasteiger partial charge is 0.320 e. The molecule has 1 atom stereocenters. The number of hydrogen-bond acceptors (Lipinski definition) is 3. The Bertz CT molecular complexity index is 520. The summed E-state index contributed by atoms with van der Waals surface area (Å²) in [5.74, 6) is 0. The van der Waals surface area contributed by atoms with Gasteiger partial charge in [-0.25, -0.2) is 4.98 Å². The number of aromatic nitrogens is 1. The molecule has 0 saturated heterocycles. The van der Waals surface area contributed by atoms with Crippen molar-refractivity contribution in [3.05, 3.63) is 51.5 Å². The minimum atomic E-state index is -0.0646. The van der Waals surface area contributed by atoms with E-state index in [9.17, 15) is 0 Å². The van der Waals surface area contributed by atoms with Crippen molar-refractivity contribution in [2.24, 2.45) is 5.73 Å². The molecule has 0 aliphatic rings. The van der Waals surface area contributed by atoms with E-state index in [0.717, 1.165) is 15.4 Å². The average Bonchev–Trinajstić information content (AvgIpc) is 2.74. The Labute approximate surface area is 113 Å². The van der Waals surface area contributed by atoms with Gasteiger partial charge in [0.1, 0.15) is 0 Å². The van der Waals surface area contributed by atoms with Crippen LogP contribution in [0.15, 0.2) is 30.5 Å². The molecular weight excluding hydrogens is 240 g/mol. The Balaban J connectivity index is 2.24. The summed E-state index contributed by atoms with van der Waals surface area (Å²) in [4.78, 5) is 5.38. The van der Waals surface area contributed by atoms with Crippen molar-refractivity contribution in [2.75, 3.05) is 0 Å². The van der Waals surface area contributed by atoms with E-state index in [4.69, 9.17) is 5.73 Å². The molecule has 2 aromatic rings. The lowest BCUT2D eigenvalue weighted by atomic mass is 9.86. The van der Waals surface area contributed by atoms with Gasteiger partial charge < -0.3 is 5.73 Å². The van der Waals surface area contributed by atoms with Crippen LogP contribution in [0.25, 0.3) is 0 Å². The van der Waals surface area contributed by atoms with Crippen LogP contribution < -0.4 is 5.73 Å². The van der Waals surface area contributed by atoms with E-state index in [1.54, 1.807) is 11.3 Å². The molecule has 0 fully saturated rings. The summed E-state index contributed by atoms with van der Waals surface area (Å²) in [6.07, 6.45) is 1.88.